The van der Waals surface area contributed by atoms with Gasteiger partial charge in [0, 0.05) is 24.8 Å². The molecule has 0 N–H and O–H groups in total. The van der Waals surface area contributed by atoms with E-state index in [-0.39, 0.29) is 11.9 Å². The molecule has 1 aromatic heterocycles. The maximum absolute atomic E-state index is 12.9. The normalized spacial score (nSPS) is 10.7. The van der Waals surface area contributed by atoms with Gasteiger partial charge in [0.2, 0.25) is 0 Å². The summed E-state index contributed by atoms with van der Waals surface area (Å²) in [5.74, 6) is 0.616. The van der Waals surface area contributed by atoms with Gasteiger partial charge in [0.25, 0.3) is 5.91 Å². The molecule has 2 aromatic carbocycles. The van der Waals surface area contributed by atoms with E-state index in [4.69, 9.17) is 0 Å². The second-order valence-electron chi connectivity index (χ2n) is 6.85. The smallest absolute Gasteiger partial charge is 0.278 e. The molecule has 0 radical (unpaired) electrons. The molecule has 0 atom stereocenters. The van der Waals surface area contributed by atoms with Crippen LogP contribution in [0.3, 0.4) is 0 Å². The summed E-state index contributed by atoms with van der Waals surface area (Å²) >= 11 is 0. The predicted octanol–water partition coefficient (Wildman–Crippen LogP) is 4.56. The van der Waals surface area contributed by atoms with Crippen molar-refractivity contribution in [3.63, 3.8) is 0 Å². The monoisotopic (exact) mass is 374 g/mol. The van der Waals surface area contributed by atoms with Gasteiger partial charge in [-0.05, 0) is 38.5 Å². The minimum Gasteiger partial charge on any atom is -0.349 e. The number of benzene rings is 2. The summed E-state index contributed by atoms with van der Waals surface area (Å²) in [6.07, 6.45) is 3.26. The molecule has 0 aliphatic rings. The fraction of sp³-hybridized carbons (Fsp3) is 0.261. The lowest BCUT2D eigenvalue weighted by Crippen LogP contribution is -2.33. The maximum atomic E-state index is 12.9. The number of amides is 1. The Balaban J connectivity index is 1.80. The van der Waals surface area contributed by atoms with E-state index in [0.717, 1.165) is 18.1 Å². The van der Waals surface area contributed by atoms with Gasteiger partial charge in [-0.1, -0.05) is 48.5 Å². The molecular formula is C23H26N4O. The molecule has 28 heavy (non-hydrogen) atoms. The van der Waals surface area contributed by atoms with Gasteiger partial charge in [0.15, 0.2) is 0 Å². The van der Waals surface area contributed by atoms with Crippen LogP contribution in [0.2, 0.25) is 0 Å². The Kier molecular flexibility index (Phi) is 6.37. The van der Waals surface area contributed by atoms with Gasteiger partial charge in [-0.25, -0.2) is 9.97 Å². The highest BCUT2D eigenvalue weighted by molar-refractivity contribution is 6.04. The first kappa shape index (κ1) is 19.5. The SMILES string of the molecule is CCN(C(=O)c1cnc(N(Cc2ccccc2)C(C)C)cn1)c1ccccc1. The first-order valence-electron chi connectivity index (χ1n) is 9.59. The fourth-order valence-corrected chi connectivity index (χ4v) is 3.08. The third-order valence-corrected chi connectivity index (χ3v) is 4.60. The van der Waals surface area contributed by atoms with Gasteiger partial charge in [0.1, 0.15) is 11.5 Å². The number of nitrogens with zero attached hydrogens (tertiary/aromatic N) is 4. The molecule has 144 valence electrons. The van der Waals surface area contributed by atoms with E-state index in [1.54, 1.807) is 17.3 Å². The quantitative estimate of drug-likeness (QED) is 0.608. The summed E-state index contributed by atoms with van der Waals surface area (Å²) in [6, 6.07) is 20.1. The topological polar surface area (TPSA) is 49.3 Å². The van der Waals surface area contributed by atoms with Gasteiger partial charge in [-0.15, -0.1) is 0 Å². The van der Waals surface area contributed by atoms with Crippen LogP contribution in [0.25, 0.3) is 0 Å². The molecule has 0 spiro atoms. The molecule has 1 amide bonds. The van der Waals surface area contributed by atoms with Gasteiger partial charge >= 0.3 is 0 Å². The number of rotatable bonds is 7. The van der Waals surface area contributed by atoms with Crippen molar-refractivity contribution in [3.8, 4) is 0 Å². The van der Waals surface area contributed by atoms with Crippen molar-refractivity contribution in [2.75, 3.05) is 16.3 Å². The van der Waals surface area contributed by atoms with Crippen LogP contribution in [0.4, 0.5) is 11.5 Å². The average Bonchev–Trinajstić information content (AvgIpc) is 2.74. The summed E-state index contributed by atoms with van der Waals surface area (Å²) in [5.41, 5.74) is 2.41. The van der Waals surface area contributed by atoms with Gasteiger partial charge < -0.3 is 9.80 Å². The zero-order valence-electron chi connectivity index (χ0n) is 16.6. The van der Waals surface area contributed by atoms with Crippen molar-refractivity contribution in [1.82, 2.24) is 9.97 Å². The Morgan fingerprint density at radius 2 is 1.57 bits per heavy atom. The number of anilines is 2. The molecule has 5 nitrogen and oxygen atoms in total. The second-order valence-corrected chi connectivity index (χ2v) is 6.85. The van der Waals surface area contributed by atoms with E-state index in [1.807, 2.05) is 55.5 Å². The zero-order chi connectivity index (χ0) is 19.9. The molecule has 1 heterocycles. The van der Waals surface area contributed by atoms with Crippen LogP contribution in [0.1, 0.15) is 36.8 Å². The molecular weight excluding hydrogens is 348 g/mol. The van der Waals surface area contributed by atoms with Crippen molar-refractivity contribution in [3.05, 3.63) is 84.3 Å². The number of hydrogen-bond donors (Lipinski definition) is 0. The van der Waals surface area contributed by atoms with E-state index in [2.05, 4.69) is 40.8 Å². The molecule has 0 aliphatic carbocycles. The molecule has 0 saturated heterocycles. The Labute approximate surface area is 166 Å². The van der Waals surface area contributed by atoms with E-state index in [1.165, 1.54) is 5.56 Å². The van der Waals surface area contributed by atoms with Crippen molar-refractivity contribution < 1.29 is 4.79 Å². The van der Waals surface area contributed by atoms with Crippen molar-refractivity contribution in [2.24, 2.45) is 0 Å². The Morgan fingerprint density at radius 1 is 0.929 bits per heavy atom. The van der Waals surface area contributed by atoms with Gasteiger partial charge in [-0.3, -0.25) is 4.79 Å². The second kappa shape index (κ2) is 9.13. The standard InChI is InChI=1S/C23H26N4O/c1-4-26(20-13-9-6-10-14-20)23(28)21-15-25-22(16-24-21)27(18(2)3)17-19-11-7-5-8-12-19/h5-16,18H,4,17H2,1-3H3. The maximum Gasteiger partial charge on any atom is 0.278 e. The van der Waals surface area contributed by atoms with Crippen molar-refractivity contribution in [2.45, 2.75) is 33.4 Å². The van der Waals surface area contributed by atoms with Crippen LogP contribution >= 0.6 is 0 Å². The van der Waals surface area contributed by atoms with Crippen LogP contribution in [0.5, 0.6) is 0 Å². The lowest BCUT2D eigenvalue weighted by molar-refractivity contribution is 0.0983. The van der Waals surface area contributed by atoms with Gasteiger partial charge in [-0.2, -0.15) is 0 Å². The highest BCUT2D eigenvalue weighted by atomic mass is 16.2. The lowest BCUT2D eigenvalue weighted by atomic mass is 10.2. The molecule has 0 bridgehead atoms. The summed E-state index contributed by atoms with van der Waals surface area (Å²) in [4.78, 5) is 25.7. The summed E-state index contributed by atoms with van der Waals surface area (Å²) < 4.78 is 0. The minimum absolute atomic E-state index is 0.146. The van der Waals surface area contributed by atoms with Crippen molar-refractivity contribution in [1.29, 1.82) is 0 Å². The first-order valence-corrected chi connectivity index (χ1v) is 9.59. The summed E-state index contributed by atoms with van der Waals surface area (Å²) in [5, 5.41) is 0. The molecule has 3 rings (SSSR count). The molecule has 0 unspecified atom stereocenters. The number of hydrogen-bond acceptors (Lipinski definition) is 4. The third-order valence-electron chi connectivity index (χ3n) is 4.60. The number of carbonyl (C=O) groups excluding carboxylic acids is 1. The van der Waals surface area contributed by atoms with E-state index >= 15 is 0 Å². The van der Waals surface area contributed by atoms with Crippen LogP contribution < -0.4 is 9.80 Å². The zero-order valence-corrected chi connectivity index (χ0v) is 16.6. The Morgan fingerprint density at radius 3 is 2.11 bits per heavy atom. The summed E-state index contributed by atoms with van der Waals surface area (Å²) in [7, 11) is 0. The average molecular weight is 374 g/mol. The van der Waals surface area contributed by atoms with Crippen LogP contribution in [-0.4, -0.2) is 28.5 Å². The molecule has 5 heteroatoms. The number of carbonyl (C=O) groups is 1. The van der Waals surface area contributed by atoms with Gasteiger partial charge in [0.05, 0.1) is 12.4 Å². The minimum atomic E-state index is -0.146. The largest absolute Gasteiger partial charge is 0.349 e. The fourth-order valence-electron chi connectivity index (χ4n) is 3.08. The highest BCUT2D eigenvalue weighted by Crippen LogP contribution is 2.19. The molecule has 0 saturated carbocycles. The molecule has 0 fully saturated rings. The molecule has 0 aliphatic heterocycles. The first-order chi connectivity index (χ1) is 13.6. The Bertz CT molecular complexity index is 879. The van der Waals surface area contributed by atoms with E-state index in [9.17, 15) is 4.79 Å². The lowest BCUT2D eigenvalue weighted by Gasteiger charge is -2.28. The Hall–Kier alpha value is -3.21. The highest BCUT2D eigenvalue weighted by Gasteiger charge is 2.19. The van der Waals surface area contributed by atoms with E-state index < -0.39 is 0 Å². The molecule has 3 aromatic rings. The predicted molar refractivity (Wildman–Crippen MR) is 114 cm³/mol. The van der Waals surface area contributed by atoms with E-state index in [0.29, 0.717) is 12.2 Å². The van der Waals surface area contributed by atoms with Crippen molar-refractivity contribution >= 4 is 17.4 Å². The van der Waals surface area contributed by atoms with Crippen LogP contribution in [-0.2, 0) is 6.54 Å². The van der Waals surface area contributed by atoms with Crippen LogP contribution in [0, 0.1) is 0 Å². The summed E-state index contributed by atoms with van der Waals surface area (Å²) in [6.45, 7) is 7.51. The van der Waals surface area contributed by atoms with Crippen LogP contribution in [0.15, 0.2) is 73.1 Å². The third kappa shape index (κ3) is 4.55. The number of para-hydroxylation sites is 1. The number of aromatic nitrogens is 2.